The van der Waals surface area contributed by atoms with Gasteiger partial charge in [-0.3, -0.25) is 4.79 Å². The van der Waals surface area contributed by atoms with Crippen LogP contribution in [-0.2, 0) is 6.61 Å². The lowest BCUT2D eigenvalue weighted by Gasteiger charge is -2.09. The molecule has 2 aromatic carbocycles. The van der Waals surface area contributed by atoms with Crippen LogP contribution in [0.2, 0.25) is 0 Å². The molecule has 0 amide bonds. The Morgan fingerprint density at radius 3 is 2.73 bits per heavy atom. The molecular weight excluding hydrogens is 348 g/mol. The number of H-pyrrole nitrogens is 1. The van der Waals surface area contributed by atoms with E-state index in [4.69, 9.17) is 9.47 Å². The lowest BCUT2D eigenvalue weighted by molar-refractivity contribution is 0.309. The highest BCUT2D eigenvalue weighted by Gasteiger charge is 2.09. The van der Waals surface area contributed by atoms with Crippen molar-refractivity contribution in [3.63, 3.8) is 0 Å². The number of fused-ring (bicyclic) bond motifs is 1. The Morgan fingerprint density at radius 2 is 2.00 bits per heavy atom. The van der Waals surface area contributed by atoms with E-state index >= 15 is 0 Å². The Bertz CT molecular complexity index is 859. The Morgan fingerprint density at radius 1 is 1.23 bits per heavy atom. The molecule has 112 valence electrons. The second kappa shape index (κ2) is 6.19. The fourth-order valence-corrected chi connectivity index (χ4v) is 2.55. The van der Waals surface area contributed by atoms with Crippen LogP contribution in [-0.4, -0.2) is 17.1 Å². The molecule has 1 aromatic heterocycles. The lowest BCUT2D eigenvalue weighted by Crippen LogP contribution is -2.08. The van der Waals surface area contributed by atoms with E-state index in [0.717, 1.165) is 15.8 Å². The summed E-state index contributed by atoms with van der Waals surface area (Å²) >= 11 is 3.40. The van der Waals surface area contributed by atoms with E-state index in [1.54, 1.807) is 19.2 Å². The molecule has 6 heteroatoms. The molecule has 3 rings (SSSR count). The quantitative estimate of drug-likeness (QED) is 0.775. The Balaban J connectivity index is 1.91. The number of benzene rings is 2. The number of aromatic amines is 1. The van der Waals surface area contributed by atoms with Crippen LogP contribution in [0.4, 0.5) is 0 Å². The van der Waals surface area contributed by atoms with Crippen molar-refractivity contribution in [1.82, 2.24) is 9.97 Å². The number of hydrogen-bond acceptors (Lipinski definition) is 4. The van der Waals surface area contributed by atoms with E-state index in [2.05, 4.69) is 25.9 Å². The van der Waals surface area contributed by atoms with Crippen LogP contribution in [0, 0.1) is 0 Å². The molecule has 0 aliphatic rings. The molecule has 0 spiro atoms. The summed E-state index contributed by atoms with van der Waals surface area (Å²) in [7, 11) is 1.62. The molecule has 0 saturated heterocycles. The Kier molecular flexibility index (Phi) is 4.11. The summed E-state index contributed by atoms with van der Waals surface area (Å²) in [6, 6.07) is 11.1. The van der Waals surface area contributed by atoms with Gasteiger partial charge < -0.3 is 14.5 Å². The molecule has 1 N–H and O–H groups in total. The Labute approximate surface area is 135 Å². The summed E-state index contributed by atoms with van der Waals surface area (Å²) in [5, 5.41) is 0.444. The van der Waals surface area contributed by atoms with E-state index < -0.39 is 0 Å². The van der Waals surface area contributed by atoms with Gasteiger partial charge in [0, 0.05) is 4.47 Å². The zero-order chi connectivity index (χ0) is 15.5. The zero-order valence-electron chi connectivity index (χ0n) is 11.8. The van der Waals surface area contributed by atoms with Crippen molar-refractivity contribution in [2.45, 2.75) is 6.61 Å². The SMILES string of the molecule is COc1ccc(COc2cc(Br)cc3nc[nH]c(=O)c23)cc1. The largest absolute Gasteiger partial charge is 0.497 e. The van der Waals surface area contributed by atoms with Gasteiger partial charge in [-0.15, -0.1) is 0 Å². The highest BCUT2D eigenvalue weighted by Crippen LogP contribution is 2.27. The molecular formula is C16H13BrN2O3. The van der Waals surface area contributed by atoms with Gasteiger partial charge >= 0.3 is 0 Å². The summed E-state index contributed by atoms with van der Waals surface area (Å²) in [5.41, 5.74) is 1.35. The maximum absolute atomic E-state index is 12.0. The summed E-state index contributed by atoms with van der Waals surface area (Å²) < 4.78 is 11.7. The van der Waals surface area contributed by atoms with Crippen LogP contribution in [0.5, 0.6) is 11.5 Å². The second-order valence-electron chi connectivity index (χ2n) is 4.67. The van der Waals surface area contributed by atoms with Gasteiger partial charge in [0.2, 0.25) is 0 Å². The zero-order valence-corrected chi connectivity index (χ0v) is 13.4. The van der Waals surface area contributed by atoms with Gasteiger partial charge in [0.1, 0.15) is 23.5 Å². The lowest BCUT2D eigenvalue weighted by atomic mass is 10.2. The fourth-order valence-electron chi connectivity index (χ4n) is 2.13. The van der Waals surface area contributed by atoms with Gasteiger partial charge in [-0.2, -0.15) is 0 Å². The highest BCUT2D eigenvalue weighted by atomic mass is 79.9. The number of nitrogens with zero attached hydrogens (tertiary/aromatic N) is 1. The molecule has 0 unspecified atom stereocenters. The number of nitrogens with one attached hydrogen (secondary N) is 1. The van der Waals surface area contributed by atoms with Gasteiger partial charge in [0.15, 0.2) is 0 Å². The minimum Gasteiger partial charge on any atom is -0.497 e. The molecule has 22 heavy (non-hydrogen) atoms. The number of hydrogen-bond donors (Lipinski definition) is 1. The van der Waals surface area contributed by atoms with E-state index in [-0.39, 0.29) is 5.56 Å². The maximum atomic E-state index is 12.0. The van der Waals surface area contributed by atoms with Gasteiger partial charge in [-0.25, -0.2) is 4.98 Å². The van der Waals surface area contributed by atoms with E-state index in [9.17, 15) is 4.79 Å². The molecule has 0 bridgehead atoms. The van der Waals surface area contributed by atoms with Crippen molar-refractivity contribution in [1.29, 1.82) is 0 Å². The standard InChI is InChI=1S/C16H13BrN2O3/c1-21-12-4-2-10(3-5-12)8-22-14-7-11(17)6-13-15(14)16(20)19-9-18-13/h2-7,9H,8H2,1H3,(H,18,19,20). The third-order valence-electron chi connectivity index (χ3n) is 3.23. The summed E-state index contributed by atoms with van der Waals surface area (Å²) in [4.78, 5) is 18.7. The van der Waals surface area contributed by atoms with Crippen molar-refractivity contribution in [3.05, 3.63) is 63.1 Å². The molecule has 5 nitrogen and oxygen atoms in total. The third-order valence-corrected chi connectivity index (χ3v) is 3.68. The van der Waals surface area contributed by atoms with Crippen LogP contribution in [0.25, 0.3) is 10.9 Å². The van der Waals surface area contributed by atoms with Crippen molar-refractivity contribution in [2.75, 3.05) is 7.11 Å². The third kappa shape index (κ3) is 2.96. The number of halogens is 1. The van der Waals surface area contributed by atoms with Crippen LogP contribution in [0.3, 0.4) is 0 Å². The molecule has 0 atom stereocenters. The number of methoxy groups -OCH3 is 1. The molecule has 0 aliphatic carbocycles. The number of aromatic nitrogens is 2. The van der Waals surface area contributed by atoms with Crippen LogP contribution in [0.1, 0.15) is 5.56 Å². The van der Waals surface area contributed by atoms with Gasteiger partial charge in [-0.1, -0.05) is 28.1 Å². The first kappa shape index (κ1) is 14.6. The summed E-state index contributed by atoms with van der Waals surface area (Å²) in [6.45, 7) is 0.351. The number of ether oxygens (including phenoxy) is 2. The van der Waals surface area contributed by atoms with E-state index in [1.807, 2.05) is 24.3 Å². The maximum Gasteiger partial charge on any atom is 0.262 e. The summed E-state index contributed by atoms with van der Waals surface area (Å²) in [6.07, 6.45) is 1.38. The first-order valence-corrected chi connectivity index (χ1v) is 7.39. The van der Waals surface area contributed by atoms with Crippen molar-refractivity contribution in [3.8, 4) is 11.5 Å². The van der Waals surface area contributed by atoms with Crippen LogP contribution in [0.15, 0.2) is 52.0 Å². The molecule has 0 saturated carbocycles. The van der Waals surface area contributed by atoms with Crippen molar-refractivity contribution >= 4 is 26.8 Å². The normalized spacial score (nSPS) is 10.6. The minimum absolute atomic E-state index is 0.220. The van der Waals surface area contributed by atoms with Crippen molar-refractivity contribution < 1.29 is 9.47 Å². The second-order valence-corrected chi connectivity index (χ2v) is 5.58. The molecule has 3 aromatic rings. The van der Waals surface area contributed by atoms with Crippen LogP contribution < -0.4 is 15.0 Å². The monoisotopic (exact) mass is 360 g/mol. The predicted octanol–water partition coefficient (Wildman–Crippen LogP) is 3.27. The van der Waals surface area contributed by atoms with Crippen LogP contribution >= 0.6 is 15.9 Å². The van der Waals surface area contributed by atoms with Gasteiger partial charge in [-0.05, 0) is 29.8 Å². The van der Waals surface area contributed by atoms with E-state index in [1.165, 1.54) is 6.33 Å². The van der Waals surface area contributed by atoms with Crippen molar-refractivity contribution in [2.24, 2.45) is 0 Å². The van der Waals surface area contributed by atoms with E-state index in [0.29, 0.717) is 23.3 Å². The number of rotatable bonds is 4. The average molecular weight is 361 g/mol. The first-order chi connectivity index (χ1) is 10.7. The Hall–Kier alpha value is -2.34. The summed E-state index contributed by atoms with van der Waals surface area (Å²) in [5.74, 6) is 1.28. The van der Waals surface area contributed by atoms with Gasteiger partial charge in [0.05, 0.1) is 19.0 Å². The molecule has 0 aliphatic heterocycles. The van der Waals surface area contributed by atoms with Gasteiger partial charge in [0.25, 0.3) is 5.56 Å². The average Bonchev–Trinajstić information content (AvgIpc) is 2.53. The smallest absolute Gasteiger partial charge is 0.262 e. The fraction of sp³-hybridized carbons (Fsp3) is 0.125. The first-order valence-electron chi connectivity index (χ1n) is 6.60. The topological polar surface area (TPSA) is 64.2 Å². The predicted molar refractivity (Wildman–Crippen MR) is 87.4 cm³/mol. The molecule has 0 fully saturated rings. The molecule has 0 radical (unpaired) electrons. The highest BCUT2D eigenvalue weighted by molar-refractivity contribution is 9.10. The minimum atomic E-state index is -0.220. The molecule has 1 heterocycles.